The van der Waals surface area contributed by atoms with Crippen LogP contribution in [0.2, 0.25) is 0 Å². The highest BCUT2D eigenvalue weighted by molar-refractivity contribution is 5.92. The number of hydrogen-bond donors (Lipinski definition) is 2. The van der Waals surface area contributed by atoms with Gasteiger partial charge in [-0.3, -0.25) is 9.59 Å². The summed E-state index contributed by atoms with van der Waals surface area (Å²) in [5, 5.41) is 2.71. The zero-order valence-corrected chi connectivity index (χ0v) is 10.5. The van der Waals surface area contributed by atoms with Crippen LogP contribution in [0.3, 0.4) is 0 Å². The van der Waals surface area contributed by atoms with Crippen LogP contribution in [0.1, 0.15) is 5.56 Å². The predicted octanol–water partition coefficient (Wildman–Crippen LogP) is 1.56. The Hall–Kier alpha value is -2.56. The van der Waals surface area contributed by atoms with Crippen LogP contribution < -0.4 is 15.6 Å². The van der Waals surface area contributed by atoms with Crippen molar-refractivity contribution < 1.29 is 9.53 Å². The van der Waals surface area contributed by atoms with E-state index in [4.69, 9.17) is 4.74 Å². The molecular formula is C14H14N2O3. The zero-order valence-electron chi connectivity index (χ0n) is 10.5. The van der Waals surface area contributed by atoms with Gasteiger partial charge in [0.05, 0.1) is 19.2 Å². The zero-order chi connectivity index (χ0) is 13.7. The van der Waals surface area contributed by atoms with Crippen molar-refractivity contribution in [3.63, 3.8) is 0 Å². The van der Waals surface area contributed by atoms with Gasteiger partial charge in [0, 0.05) is 12.3 Å². The van der Waals surface area contributed by atoms with Crippen LogP contribution in [0.25, 0.3) is 0 Å². The molecule has 0 aliphatic rings. The lowest BCUT2D eigenvalue weighted by molar-refractivity contribution is -0.115. The maximum atomic E-state index is 11.8. The largest absolute Gasteiger partial charge is 0.497 e. The molecule has 0 radical (unpaired) electrons. The Kier molecular flexibility index (Phi) is 3.97. The summed E-state index contributed by atoms with van der Waals surface area (Å²) in [5.41, 5.74) is 1.26. The monoisotopic (exact) mass is 258 g/mol. The maximum absolute atomic E-state index is 11.8. The van der Waals surface area contributed by atoms with Crippen LogP contribution in [-0.4, -0.2) is 18.0 Å². The number of amides is 1. The van der Waals surface area contributed by atoms with Crippen LogP contribution in [0.4, 0.5) is 5.69 Å². The van der Waals surface area contributed by atoms with Gasteiger partial charge in [0.2, 0.25) is 11.5 Å². The molecule has 0 saturated heterocycles. The number of carbonyl (C=O) groups is 1. The van der Waals surface area contributed by atoms with Crippen molar-refractivity contribution in [2.75, 3.05) is 12.4 Å². The number of aromatic amines is 1. The van der Waals surface area contributed by atoms with Gasteiger partial charge in [-0.05, 0) is 23.8 Å². The molecule has 0 unspecified atom stereocenters. The van der Waals surface area contributed by atoms with E-state index < -0.39 is 0 Å². The average Bonchev–Trinajstić information content (AvgIpc) is 2.42. The summed E-state index contributed by atoms with van der Waals surface area (Å²) in [6.07, 6.45) is 1.73. The summed E-state index contributed by atoms with van der Waals surface area (Å²) < 4.78 is 5.05. The van der Waals surface area contributed by atoms with Gasteiger partial charge in [0.1, 0.15) is 5.75 Å². The van der Waals surface area contributed by atoms with Gasteiger partial charge in [0.15, 0.2) is 0 Å². The summed E-state index contributed by atoms with van der Waals surface area (Å²) in [6, 6.07) is 10.2. The maximum Gasteiger partial charge on any atom is 0.248 e. The summed E-state index contributed by atoms with van der Waals surface area (Å²) in [7, 11) is 1.60. The summed E-state index contributed by atoms with van der Waals surface area (Å²) in [6.45, 7) is 0. The lowest BCUT2D eigenvalue weighted by Gasteiger charge is -2.05. The molecule has 1 aromatic carbocycles. The molecule has 0 aliphatic heterocycles. The van der Waals surface area contributed by atoms with E-state index in [2.05, 4.69) is 10.3 Å². The fourth-order valence-corrected chi connectivity index (χ4v) is 1.62. The number of methoxy groups -OCH3 is 1. The summed E-state index contributed by atoms with van der Waals surface area (Å²) in [4.78, 5) is 25.2. The van der Waals surface area contributed by atoms with Crippen LogP contribution in [0.15, 0.2) is 47.4 Å². The Morgan fingerprint density at radius 1 is 1.21 bits per heavy atom. The number of nitrogens with one attached hydrogen (secondary N) is 2. The van der Waals surface area contributed by atoms with Crippen molar-refractivity contribution in [1.29, 1.82) is 0 Å². The van der Waals surface area contributed by atoms with Gasteiger partial charge in [-0.25, -0.2) is 0 Å². The minimum Gasteiger partial charge on any atom is -0.497 e. The minimum atomic E-state index is -0.201. The number of hydrogen-bond acceptors (Lipinski definition) is 3. The normalized spacial score (nSPS) is 9.95. The SMILES string of the molecule is COc1ccc(CC(=O)Nc2ccc(=O)[nH]c2)cc1. The van der Waals surface area contributed by atoms with Gasteiger partial charge in [0.25, 0.3) is 0 Å². The Morgan fingerprint density at radius 3 is 2.53 bits per heavy atom. The van der Waals surface area contributed by atoms with E-state index in [1.165, 1.54) is 12.3 Å². The minimum absolute atomic E-state index is 0.141. The third-order valence-corrected chi connectivity index (χ3v) is 2.59. The van der Waals surface area contributed by atoms with Gasteiger partial charge >= 0.3 is 0 Å². The molecule has 0 fully saturated rings. The molecule has 5 heteroatoms. The summed E-state index contributed by atoms with van der Waals surface area (Å²) >= 11 is 0. The van der Waals surface area contributed by atoms with Gasteiger partial charge < -0.3 is 15.0 Å². The van der Waals surface area contributed by atoms with Crippen molar-refractivity contribution in [1.82, 2.24) is 4.98 Å². The van der Waals surface area contributed by atoms with Gasteiger partial charge in [-0.1, -0.05) is 12.1 Å². The first-order valence-electron chi connectivity index (χ1n) is 5.79. The first-order valence-corrected chi connectivity index (χ1v) is 5.79. The van der Waals surface area contributed by atoms with Crippen molar-refractivity contribution in [3.8, 4) is 5.75 Å². The van der Waals surface area contributed by atoms with E-state index in [9.17, 15) is 9.59 Å². The molecule has 2 aromatic rings. The second-order valence-electron chi connectivity index (χ2n) is 4.01. The highest BCUT2D eigenvalue weighted by atomic mass is 16.5. The van der Waals surface area contributed by atoms with E-state index in [0.29, 0.717) is 5.69 Å². The fraction of sp³-hybridized carbons (Fsp3) is 0.143. The second-order valence-corrected chi connectivity index (χ2v) is 4.01. The molecule has 0 spiro atoms. The number of anilines is 1. The van der Waals surface area contributed by atoms with Crippen molar-refractivity contribution in [2.45, 2.75) is 6.42 Å². The summed E-state index contributed by atoms with van der Waals surface area (Å²) in [5.74, 6) is 0.613. The Labute approximate surface area is 110 Å². The molecule has 2 N–H and O–H groups in total. The topological polar surface area (TPSA) is 71.2 Å². The van der Waals surface area contributed by atoms with E-state index in [-0.39, 0.29) is 17.9 Å². The first kappa shape index (κ1) is 12.9. The van der Waals surface area contributed by atoms with E-state index in [1.54, 1.807) is 13.2 Å². The van der Waals surface area contributed by atoms with Crippen molar-refractivity contribution >= 4 is 11.6 Å². The molecule has 0 bridgehead atoms. The number of benzene rings is 1. The lowest BCUT2D eigenvalue weighted by atomic mass is 10.1. The third kappa shape index (κ3) is 3.70. The number of rotatable bonds is 4. The number of pyridine rings is 1. The third-order valence-electron chi connectivity index (χ3n) is 2.59. The number of H-pyrrole nitrogens is 1. The molecule has 2 rings (SSSR count). The van der Waals surface area contributed by atoms with E-state index in [1.807, 2.05) is 24.3 Å². The van der Waals surface area contributed by atoms with Crippen LogP contribution >= 0.6 is 0 Å². The Morgan fingerprint density at radius 2 is 1.95 bits per heavy atom. The standard InChI is InChI=1S/C14H14N2O3/c1-19-12-5-2-10(3-6-12)8-14(18)16-11-4-7-13(17)15-9-11/h2-7,9H,8H2,1H3,(H,15,17)(H,16,18). The quantitative estimate of drug-likeness (QED) is 0.874. The smallest absolute Gasteiger partial charge is 0.248 e. The van der Waals surface area contributed by atoms with Crippen LogP contribution in [-0.2, 0) is 11.2 Å². The van der Waals surface area contributed by atoms with Crippen LogP contribution in [0.5, 0.6) is 5.75 Å². The molecule has 0 aliphatic carbocycles. The molecule has 0 atom stereocenters. The molecule has 1 amide bonds. The first-order chi connectivity index (χ1) is 9.17. The fourth-order valence-electron chi connectivity index (χ4n) is 1.62. The number of carbonyl (C=O) groups excluding carboxylic acids is 1. The predicted molar refractivity (Wildman–Crippen MR) is 72.4 cm³/mol. The lowest BCUT2D eigenvalue weighted by Crippen LogP contribution is -2.15. The van der Waals surface area contributed by atoms with Crippen LogP contribution in [0, 0.1) is 0 Å². The highest BCUT2D eigenvalue weighted by Crippen LogP contribution is 2.12. The van der Waals surface area contributed by atoms with Crippen molar-refractivity contribution in [2.24, 2.45) is 0 Å². The number of ether oxygens (including phenoxy) is 1. The number of aromatic nitrogens is 1. The molecule has 98 valence electrons. The van der Waals surface area contributed by atoms with Crippen molar-refractivity contribution in [3.05, 3.63) is 58.5 Å². The second kappa shape index (κ2) is 5.86. The van der Waals surface area contributed by atoms with Gasteiger partial charge in [-0.15, -0.1) is 0 Å². The van der Waals surface area contributed by atoms with E-state index >= 15 is 0 Å². The Bertz CT molecular complexity index is 597. The highest BCUT2D eigenvalue weighted by Gasteiger charge is 2.04. The molecule has 1 aromatic heterocycles. The molecule has 1 heterocycles. The molecule has 19 heavy (non-hydrogen) atoms. The van der Waals surface area contributed by atoms with E-state index in [0.717, 1.165) is 11.3 Å². The molecular weight excluding hydrogens is 244 g/mol. The average molecular weight is 258 g/mol. The molecule has 0 saturated carbocycles. The molecule has 5 nitrogen and oxygen atoms in total. The van der Waals surface area contributed by atoms with Gasteiger partial charge in [-0.2, -0.15) is 0 Å². The Balaban J connectivity index is 1.96.